The summed E-state index contributed by atoms with van der Waals surface area (Å²) in [5.41, 5.74) is 3.20. The zero-order valence-electron chi connectivity index (χ0n) is 14.4. The summed E-state index contributed by atoms with van der Waals surface area (Å²) in [7, 11) is 0. The van der Waals surface area contributed by atoms with Gasteiger partial charge < -0.3 is 5.32 Å². The summed E-state index contributed by atoms with van der Waals surface area (Å²) in [6.45, 7) is 6.02. The maximum Gasteiger partial charge on any atom is 0.251 e. The van der Waals surface area contributed by atoms with Gasteiger partial charge in [-0.1, -0.05) is 48.5 Å². The molecule has 2 aromatic rings. The minimum atomic E-state index is 0.0554. The molecule has 3 heteroatoms. The average Bonchev–Trinajstić information content (AvgIpc) is 2.62. The monoisotopic (exact) mass is 322 g/mol. The van der Waals surface area contributed by atoms with Gasteiger partial charge in [0.15, 0.2) is 0 Å². The highest BCUT2D eigenvalue weighted by Crippen LogP contribution is 2.18. The molecular weight excluding hydrogens is 296 g/mol. The first-order valence-corrected chi connectivity index (χ1v) is 8.82. The lowest BCUT2D eigenvalue weighted by Crippen LogP contribution is -2.38. The molecule has 2 aromatic carbocycles. The molecule has 0 atom stereocenters. The number of piperidine rings is 1. The molecule has 1 aliphatic heterocycles. The SMILES string of the molecule is Cc1ccccc1C(=O)NCC1CCN(Cc2ccccc2)CC1. The van der Waals surface area contributed by atoms with E-state index in [1.807, 2.05) is 31.2 Å². The van der Waals surface area contributed by atoms with Gasteiger partial charge in [0.05, 0.1) is 0 Å². The standard InChI is InChI=1S/C21H26N2O/c1-17-7-5-6-10-20(17)21(24)22-15-18-11-13-23(14-12-18)16-19-8-3-2-4-9-19/h2-10,18H,11-16H2,1H3,(H,22,24). The van der Waals surface area contributed by atoms with Crippen molar-refractivity contribution in [2.45, 2.75) is 26.3 Å². The maximum atomic E-state index is 12.3. The Morgan fingerprint density at radius 2 is 1.71 bits per heavy atom. The van der Waals surface area contributed by atoms with Crippen LogP contribution in [0.3, 0.4) is 0 Å². The van der Waals surface area contributed by atoms with Gasteiger partial charge in [0, 0.05) is 18.7 Å². The topological polar surface area (TPSA) is 32.3 Å². The number of hydrogen-bond donors (Lipinski definition) is 1. The van der Waals surface area contributed by atoms with Gasteiger partial charge in [0.1, 0.15) is 0 Å². The van der Waals surface area contributed by atoms with Crippen molar-refractivity contribution in [3.8, 4) is 0 Å². The summed E-state index contributed by atoms with van der Waals surface area (Å²) >= 11 is 0. The maximum absolute atomic E-state index is 12.3. The Morgan fingerprint density at radius 1 is 1.04 bits per heavy atom. The summed E-state index contributed by atoms with van der Waals surface area (Å²) in [6.07, 6.45) is 2.31. The number of amides is 1. The molecule has 0 bridgehead atoms. The molecule has 3 rings (SSSR count). The third-order valence-corrected chi connectivity index (χ3v) is 4.90. The summed E-state index contributed by atoms with van der Waals surface area (Å²) in [4.78, 5) is 14.8. The number of rotatable bonds is 5. The summed E-state index contributed by atoms with van der Waals surface area (Å²) in [6, 6.07) is 18.4. The van der Waals surface area contributed by atoms with Crippen LogP contribution in [0.1, 0.15) is 34.3 Å². The first kappa shape index (κ1) is 16.7. The Bertz CT molecular complexity index is 661. The molecule has 1 N–H and O–H groups in total. The van der Waals surface area contributed by atoms with E-state index in [4.69, 9.17) is 0 Å². The van der Waals surface area contributed by atoms with Crippen LogP contribution in [-0.2, 0) is 6.54 Å². The van der Waals surface area contributed by atoms with E-state index in [-0.39, 0.29) is 5.91 Å². The molecule has 0 radical (unpaired) electrons. The lowest BCUT2D eigenvalue weighted by molar-refractivity contribution is 0.0934. The molecule has 0 spiro atoms. The van der Waals surface area contributed by atoms with Crippen molar-refractivity contribution in [1.82, 2.24) is 10.2 Å². The number of carbonyl (C=O) groups is 1. The molecule has 1 fully saturated rings. The van der Waals surface area contributed by atoms with Crippen molar-refractivity contribution in [2.24, 2.45) is 5.92 Å². The Balaban J connectivity index is 1.43. The Kier molecular flexibility index (Phi) is 5.65. The van der Waals surface area contributed by atoms with Crippen LogP contribution >= 0.6 is 0 Å². The van der Waals surface area contributed by atoms with Crippen LogP contribution in [0.2, 0.25) is 0 Å². The third-order valence-electron chi connectivity index (χ3n) is 4.90. The van der Waals surface area contributed by atoms with E-state index >= 15 is 0 Å². The van der Waals surface area contributed by atoms with Gasteiger partial charge >= 0.3 is 0 Å². The highest BCUT2D eigenvalue weighted by molar-refractivity contribution is 5.95. The van der Waals surface area contributed by atoms with E-state index in [2.05, 4.69) is 40.5 Å². The van der Waals surface area contributed by atoms with Gasteiger partial charge in [-0.15, -0.1) is 0 Å². The van der Waals surface area contributed by atoms with Crippen molar-refractivity contribution >= 4 is 5.91 Å². The van der Waals surface area contributed by atoms with E-state index < -0.39 is 0 Å². The summed E-state index contributed by atoms with van der Waals surface area (Å²) < 4.78 is 0. The minimum absolute atomic E-state index is 0.0554. The highest BCUT2D eigenvalue weighted by atomic mass is 16.1. The molecule has 0 aliphatic carbocycles. The molecule has 126 valence electrons. The second-order valence-corrected chi connectivity index (χ2v) is 6.73. The summed E-state index contributed by atoms with van der Waals surface area (Å²) in [5, 5.41) is 3.12. The lowest BCUT2D eigenvalue weighted by Gasteiger charge is -2.32. The average molecular weight is 322 g/mol. The minimum Gasteiger partial charge on any atom is -0.352 e. The number of carbonyl (C=O) groups excluding carboxylic acids is 1. The fraction of sp³-hybridized carbons (Fsp3) is 0.381. The number of nitrogens with one attached hydrogen (secondary N) is 1. The van der Waals surface area contributed by atoms with E-state index in [1.165, 1.54) is 5.56 Å². The number of hydrogen-bond acceptors (Lipinski definition) is 2. The molecule has 1 heterocycles. The number of nitrogens with zero attached hydrogens (tertiary/aromatic N) is 1. The van der Waals surface area contributed by atoms with Gasteiger partial charge in [-0.3, -0.25) is 9.69 Å². The first-order chi connectivity index (χ1) is 11.7. The molecule has 1 aliphatic rings. The van der Waals surface area contributed by atoms with Crippen LogP contribution in [0.5, 0.6) is 0 Å². The van der Waals surface area contributed by atoms with Gasteiger partial charge in [-0.25, -0.2) is 0 Å². The number of likely N-dealkylation sites (tertiary alicyclic amines) is 1. The fourth-order valence-corrected chi connectivity index (χ4v) is 3.35. The van der Waals surface area contributed by atoms with Crippen LogP contribution in [0.25, 0.3) is 0 Å². The largest absolute Gasteiger partial charge is 0.352 e. The molecule has 3 nitrogen and oxygen atoms in total. The Labute approximate surface area is 144 Å². The van der Waals surface area contributed by atoms with Crippen LogP contribution in [0.15, 0.2) is 54.6 Å². The van der Waals surface area contributed by atoms with Crippen LogP contribution in [-0.4, -0.2) is 30.4 Å². The fourth-order valence-electron chi connectivity index (χ4n) is 3.35. The first-order valence-electron chi connectivity index (χ1n) is 8.82. The second-order valence-electron chi connectivity index (χ2n) is 6.73. The molecular formula is C21H26N2O. The predicted octanol–water partition coefficient (Wildman–Crippen LogP) is 3.64. The molecule has 24 heavy (non-hydrogen) atoms. The van der Waals surface area contributed by atoms with Gasteiger partial charge in [0.2, 0.25) is 0 Å². The third kappa shape index (κ3) is 4.45. The second kappa shape index (κ2) is 8.11. The van der Waals surface area contributed by atoms with Gasteiger partial charge in [-0.05, 0) is 56.0 Å². The van der Waals surface area contributed by atoms with Crippen molar-refractivity contribution in [2.75, 3.05) is 19.6 Å². The molecule has 1 amide bonds. The lowest BCUT2D eigenvalue weighted by atomic mass is 9.96. The zero-order chi connectivity index (χ0) is 16.8. The Hall–Kier alpha value is -2.13. The number of benzene rings is 2. The van der Waals surface area contributed by atoms with E-state index in [0.29, 0.717) is 5.92 Å². The Morgan fingerprint density at radius 3 is 2.42 bits per heavy atom. The smallest absolute Gasteiger partial charge is 0.251 e. The normalized spacial score (nSPS) is 16.0. The number of aryl methyl sites for hydroxylation is 1. The van der Waals surface area contributed by atoms with Crippen molar-refractivity contribution in [1.29, 1.82) is 0 Å². The zero-order valence-corrected chi connectivity index (χ0v) is 14.4. The van der Waals surface area contributed by atoms with Crippen LogP contribution < -0.4 is 5.32 Å². The predicted molar refractivity (Wildman–Crippen MR) is 98.0 cm³/mol. The van der Waals surface area contributed by atoms with E-state index in [9.17, 15) is 4.79 Å². The highest BCUT2D eigenvalue weighted by Gasteiger charge is 2.20. The van der Waals surface area contributed by atoms with Crippen LogP contribution in [0.4, 0.5) is 0 Å². The molecule has 1 saturated heterocycles. The van der Waals surface area contributed by atoms with Gasteiger partial charge in [-0.2, -0.15) is 0 Å². The van der Waals surface area contributed by atoms with E-state index in [0.717, 1.165) is 50.1 Å². The van der Waals surface area contributed by atoms with Crippen molar-refractivity contribution < 1.29 is 4.79 Å². The quantitative estimate of drug-likeness (QED) is 0.911. The molecule has 0 unspecified atom stereocenters. The van der Waals surface area contributed by atoms with Crippen molar-refractivity contribution in [3.05, 3.63) is 71.3 Å². The summed E-state index contributed by atoms with van der Waals surface area (Å²) in [5.74, 6) is 0.643. The van der Waals surface area contributed by atoms with Crippen LogP contribution in [0, 0.1) is 12.8 Å². The molecule has 0 saturated carbocycles. The van der Waals surface area contributed by atoms with Crippen molar-refractivity contribution in [3.63, 3.8) is 0 Å². The molecule has 0 aromatic heterocycles. The van der Waals surface area contributed by atoms with E-state index in [1.54, 1.807) is 0 Å². The van der Waals surface area contributed by atoms with Gasteiger partial charge in [0.25, 0.3) is 5.91 Å².